The van der Waals surface area contributed by atoms with Gasteiger partial charge in [0.1, 0.15) is 6.61 Å². The van der Waals surface area contributed by atoms with Crippen molar-refractivity contribution >= 4 is 27.9 Å². The standard InChI is InChI=1S/C33H25N3O3/c1-38-31-20-23(18-19-30(31)39-22-26-14-9-13-24-10-5-6-15-27(24)26)21-34-36-32(25-11-3-2-4-12-25)35-29-17-8-7-16-28(29)33(36)37/h2-21H,22H2,1H3. The summed E-state index contributed by atoms with van der Waals surface area (Å²) in [6, 6.07) is 36.8. The van der Waals surface area contributed by atoms with Crippen molar-refractivity contribution in [2.75, 3.05) is 7.11 Å². The Kier molecular flexibility index (Phi) is 6.58. The summed E-state index contributed by atoms with van der Waals surface area (Å²) in [6.45, 7) is 0.406. The topological polar surface area (TPSA) is 65.7 Å². The van der Waals surface area contributed by atoms with Crippen molar-refractivity contribution in [3.63, 3.8) is 0 Å². The predicted octanol–water partition coefficient (Wildman–Crippen LogP) is 6.69. The van der Waals surface area contributed by atoms with E-state index in [9.17, 15) is 4.79 Å². The van der Waals surface area contributed by atoms with E-state index in [0.29, 0.717) is 34.8 Å². The Bertz CT molecular complexity index is 1870. The molecule has 0 unspecified atom stereocenters. The maximum atomic E-state index is 13.4. The molecule has 5 aromatic carbocycles. The number of benzene rings is 5. The Balaban J connectivity index is 1.32. The SMILES string of the molecule is COc1cc(C=Nn2c(-c3ccccc3)nc3ccccc3c2=O)ccc1OCc1cccc2ccccc12. The number of aromatic nitrogens is 2. The van der Waals surface area contributed by atoms with Crippen LogP contribution in [0.25, 0.3) is 33.1 Å². The zero-order valence-electron chi connectivity index (χ0n) is 21.3. The van der Waals surface area contributed by atoms with Gasteiger partial charge in [-0.3, -0.25) is 4.79 Å². The highest BCUT2D eigenvalue weighted by Crippen LogP contribution is 2.29. The van der Waals surface area contributed by atoms with Gasteiger partial charge in [0, 0.05) is 5.56 Å². The van der Waals surface area contributed by atoms with Gasteiger partial charge in [0.05, 0.1) is 24.2 Å². The highest BCUT2D eigenvalue weighted by atomic mass is 16.5. The maximum absolute atomic E-state index is 13.4. The van der Waals surface area contributed by atoms with Crippen LogP contribution in [0.2, 0.25) is 0 Å². The van der Waals surface area contributed by atoms with Gasteiger partial charge in [-0.05, 0) is 52.2 Å². The van der Waals surface area contributed by atoms with Crippen molar-refractivity contribution < 1.29 is 9.47 Å². The van der Waals surface area contributed by atoms with Crippen LogP contribution in [0, 0.1) is 0 Å². The van der Waals surface area contributed by atoms with E-state index in [-0.39, 0.29) is 5.56 Å². The minimum absolute atomic E-state index is 0.238. The Morgan fingerprint density at radius 2 is 1.54 bits per heavy atom. The predicted molar refractivity (Wildman–Crippen MR) is 156 cm³/mol. The van der Waals surface area contributed by atoms with Crippen molar-refractivity contribution in [2.45, 2.75) is 6.61 Å². The molecule has 190 valence electrons. The van der Waals surface area contributed by atoms with Crippen LogP contribution < -0.4 is 15.0 Å². The average Bonchev–Trinajstić information content (AvgIpc) is 3.00. The second-order valence-electron chi connectivity index (χ2n) is 9.02. The molecule has 6 nitrogen and oxygen atoms in total. The molecule has 0 fully saturated rings. The molecule has 0 bridgehead atoms. The van der Waals surface area contributed by atoms with Crippen molar-refractivity contribution in [1.29, 1.82) is 0 Å². The lowest BCUT2D eigenvalue weighted by atomic mass is 10.1. The summed E-state index contributed by atoms with van der Waals surface area (Å²) in [5, 5.41) is 7.39. The van der Waals surface area contributed by atoms with Crippen LogP contribution in [0.3, 0.4) is 0 Å². The second kappa shape index (κ2) is 10.6. The fourth-order valence-corrected chi connectivity index (χ4v) is 4.59. The number of fused-ring (bicyclic) bond motifs is 2. The molecule has 39 heavy (non-hydrogen) atoms. The third kappa shape index (κ3) is 4.88. The average molecular weight is 512 g/mol. The molecule has 0 radical (unpaired) electrons. The number of methoxy groups -OCH3 is 1. The molecule has 0 aliphatic heterocycles. The van der Waals surface area contributed by atoms with E-state index in [1.165, 1.54) is 10.1 Å². The smallest absolute Gasteiger partial charge is 0.282 e. The number of nitrogens with zero attached hydrogens (tertiary/aromatic N) is 3. The lowest BCUT2D eigenvalue weighted by Gasteiger charge is -2.13. The summed E-state index contributed by atoms with van der Waals surface area (Å²) in [6.07, 6.45) is 1.63. The summed E-state index contributed by atoms with van der Waals surface area (Å²) in [5.74, 6) is 1.67. The Morgan fingerprint density at radius 3 is 2.38 bits per heavy atom. The summed E-state index contributed by atoms with van der Waals surface area (Å²) < 4.78 is 13.1. The monoisotopic (exact) mass is 511 g/mol. The van der Waals surface area contributed by atoms with E-state index < -0.39 is 0 Å². The van der Waals surface area contributed by atoms with Crippen LogP contribution in [-0.4, -0.2) is 23.0 Å². The molecule has 0 aliphatic rings. The number of rotatable bonds is 7. The molecule has 0 spiro atoms. The molecular weight excluding hydrogens is 486 g/mol. The van der Waals surface area contributed by atoms with Gasteiger partial charge in [0.25, 0.3) is 5.56 Å². The quantitative estimate of drug-likeness (QED) is 0.224. The zero-order chi connectivity index (χ0) is 26.6. The molecular formula is C33H25N3O3. The van der Waals surface area contributed by atoms with Gasteiger partial charge in [-0.15, -0.1) is 0 Å². The lowest BCUT2D eigenvalue weighted by Crippen LogP contribution is -2.20. The van der Waals surface area contributed by atoms with Gasteiger partial charge < -0.3 is 9.47 Å². The number of ether oxygens (including phenoxy) is 2. The molecule has 6 rings (SSSR count). The summed E-state index contributed by atoms with van der Waals surface area (Å²) in [7, 11) is 1.60. The van der Waals surface area contributed by atoms with Crippen LogP contribution in [0.15, 0.2) is 125 Å². The molecule has 0 aliphatic carbocycles. The van der Waals surface area contributed by atoms with Crippen LogP contribution in [0.1, 0.15) is 11.1 Å². The zero-order valence-corrected chi connectivity index (χ0v) is 21.3. The van der Waals surface area contributed by atoms with Crippen LogP contribution in [-0.2, 0) is 6.61 Å². The summed E-state index contributed by atoms with van der Waals surface area (Å²) in [4.78, 5) is 18.1. The van der Waals surface area contributed by atoms with E-state index in [0.717, 1.165) is 22.1 Å². The van der Waals surface area contributed by atoms with Crippen molar-refractivity contribution in [2.24, 2.45) is 5.10 Å². The molecule has 0 N–H and O–H groups in total. The van der Waals surface area contributed by atoms with E-state index >= 15 is 0 Å². The van der Waals surface area contributed by atoms with Crippen LogP contribution >= 0.6 is 0 Å². The van der Waals surface area contributed by atoms with Gasteiger partial charge in [0.2, 0.25) is 0 Å². The lowest BCUT2D eigenvalue weighted by molar-refractivity contribution is 0.285. The summed E-state index contributed by atoms with van der Waals surface area (Å²) >= 11 is 0. The van der Waals surface area contributed by atoms with Gasteiger partial charge in [-0.2, -0.15) is 9.78 Å². The summed E-state index contributed by atoms with van der Waals surface area (Å²) in [5.41, 5.74) is 3.04. The highest BCUT2D eigenvalue weighted by molar-refractivity contribution is 5.86. The Labute approximate surface area is 225 Å². The first kappa shape index (κ1) is 24.1. The molecule has 6 heteroatoms. The van der Waals surface area contributed by atoms with Gasteiger partial charge in [-0.25, -0.2) is 4.98 Å². The second-order valence-corrected chi connectivity index (χ2v) is 9.02. The van der Waals surface area contributed by atoms with Crippen LogP contribution in [0.5, 0.6) is 11.5 Å². The van der Waals surface area contributed by atoms with E-state index in [2.05, 4.69) is 29.4 Å². The van der Waals surface area contributed by atoms with E-state index in [1.54, 1.807) is 19.4 Å². The van der Waals surface area contributed by atoms with Gasteiger partial charge >= 0.3 is 0 Å². The first-order valence-corrected chi connectivity index (χ1v) is 12.6. The van der Waals surface area contributed by atoms with Gasteiger partial charge in [0.15, 0.2) is 17.3 Å². The number of para-hydroxylation sites is 1. The normalized spacial score (nSPS) is 11.3. The molecule has 1 heterocycles. The molecule has 6 aromatic rings. The molecule has 0 atom stereocenters. The first-order chi connectivity index (χ1) is 19.2. The highest BCUT2D eigenvalue weighted by Gasteiger charge is 2.12. The molecule has 0 amide bonds. The number of hydrogen-bond acceptors (Lipinski definition) is 5. The third-order valence-corrected chi connectivity index (χ3v) is 6.56. The van der Waals surface area contributed by atoms with Crippen LogP contribution in [0.4, 0.5) is 0 Å². The minimum Gasteiger partial charge on any atom is -0.493 e. The third-order valence-electron chi connectivity index (χ3n) is 6.56. The van der Waals surface area contributed by atoms with E-state index in [4.69, 9.17) is 14.5 Å². The fourth-order valence-electron chi connectivity index (χ4n) is 4.59. The number of hydrogen-bond donors (Lipinski definition) is 0. The maximum Gasteiger partial charge on any atom is 0.282 e. The Morgan fingerprint density at radius 1 is 0.795 bits per heavy atom. The van der Waals surface area contributed by atoms with Crippen molar-refractivity contribution in [1.82, 2.24) is 9.66 Å². The minimum atomic E-state index is -0.238. The molecule has 1 aromatic heterocycles. The fraction of sp³-hybridized carbons (Fsp3) is 0.0606. The van der Waals surface area contributed by atoms with Crippen molar-refractivity contribution in [3.05, 3.63) is 137 Å². The Hall–Kier alpha value is -5.23. The van der Waals surface area contributed by atoms with Gasteiger partial charge in [-0.1, -0.05) is 84.9 Å². The van der Waals surface area contributed by atoms with Crippen molar-refractivity contribution in [3.8, 4) is 22.9 Å². The largest absolute Gasteiger partial charge is 0.493 e. The molecule has 0 saturated carbocycles. The van der Waals surface area contributed by atoms with E-state index in [1.807, 2.05) is 84.9 Å². The first-order valence-electron chi connectivity index (χ1n) is 12.6. The molecule has 0 saturated heterocycles.